The zero-order valence-corrected chi connectivity index (χ0v) is 12.6. The van der Waals surface area contributed by atoms with Gasteiger partial charge in [-0.15, -0.1) is 0 Å². The Morgan fingerprint density at radius 1 is 1.23 bits per heavy atom. The zero-order chi connectivity index (χ0) is 15.5. The highest BCUT2D eigenvalue weighted by atomic mass is 16.3. The second-order valence-corrected chi connectivity index (χ2v) is 6.12. The Balaban J connectivity index is 1.88. The van der Waals surface area contributed by atoms with Crippen LogP contribution in [0.25, 0.3) is 0 Å². The number of nitrogens with zero attached hydrogens (tertiary/aromatic N) is 1. The molecule has 1 aliphatic carbocycles. The number of rotatable bonds is 2. The van der Waals surface area contributed by atoms with Crippen molar-refractivity contribution >= 4 is 11.8 Å². The quantitative estimate of drug-likeness (QED) is 0.863. The van der Waals surface area contributed by atoms with Crippen LogP contribution in [0, 0.1) is 5.92 Å². The van der Waals surface area contributed by atoms with E-state index in [1.165, 1.54) is 0 Å². The SMILES string of the molecule is O=C1CC(c2ccccc2)N(C(=O)C2CCCC2O)CCN1. The molecule has 1 aliphatic heterocycles. The smallest absolute Gasteiger partial charge is 0.228 e. The van der Waals surface area contributed by atoms with Gasteiger partial charge in [0.05, 0.1) is 24.5 Å². The average Bonchev–Trinajstić information content (AvgIpc) is 2.86. The van der Waals surface area contributed by atoms with Crippen LogP contribution in [-0.2, 0) is 9.59 Å². The number of hydrogen-bond donors (Lipinski definition) is 2. The number of aliphatic hydroxyl groups is 1. The molecule has 0 spiro atoms. The molecule has 2 amide bonds. The van der Waals surface area contributed by atoms with Gasteiger partial charge in [0.25, 0.3) is 0 Å². The lowest BCUT2D eigenvalue weighted by atomic mass is 9.98. The molecule has 0 aromatic heterocycles. The minimum absolute atomic E-state index is 0.0182. The van der Waals surface area contributed by atoms with Gasteiger partial charge in [-0.2, -0.15) is 0 Å². The fourth-order valence-corrected chi connectivity index (χ4v) is 3.51. The Kier molecular flexibility index (Phi) is 4.43. The van der Waals surface area contributed by atoms with Gasteiger partial charge in [0.2, 0.25) is 11.8 Å². The molecule has 118 valence electrons. The molecule has 3 rings (SSSR count). The molecule has 2 aliphatic rings. The largest absolute Gasteiger partial charge is 0.392 e. The zero-order valence-electron chi connectivity index (χ0n) is 12.6. The van der Waals surface area contributed by atoms with Crippen LogP contribution in [0.3, 0.4) is 0 Å². The van der Waals surface area contributed by atoms with Crippen LogP contribution in [-0.4, -0.2) is 41.0 Å². The first-order valence-electron chi connectivity index (χ1n) is 7.97. The van der Waals surface area contributed by atoms with Crippen molar-refractivity contribution in [1.29, 1.82) is 0 Å². The number of hydrogen-bond acceptors (Lipinski definition) is 3. The van der Waals surface area contributed by atoms with Crippen LogP contribution in [0.4, 0.5) is 0 Å². The van der Waals surface area contributed by atoms with E-state index in [9.17, 15) is 14.7 Å². The van der Waals surface area contributed by atoms with Crippen molar-refractivity contribution in [1.82, 2.24) is 10.2 Å². The van der Waals surface area contributed by atoms with Crippen molar-refractivity contribution < 1.29 is 14.7 Å². The maximum Gasteiger partial charge on any atom is 0.228 e. The molecule has 1 aromatic rings. The second-order valence-electron chi connectivity index (χ2n) is 6.12. The number of aliphatic hydroxyl groups excluding tert-OH is 1. The molecule has 3 unspecified atom stereocenters. The predicted octanol–water partition coefficient (Wildman–Crippen LogP) is 1.24. The highest BCUT2D eigenvalue weighted by Gasteiger charge is 2.38. The van der Waals surface area contributed by atoms with Gasteiger partial charge in [0.1, 0.15) is 0 Å². The van der Waals surface area contributed by atoms with Gasteiger partial charge in [-0.25, -0.2) is 0 Å². The molecule has 0 bridgehead atoms. The number of carbonyl (C=O) groups is 2. The molecule has 22 heavy (non-hydrogen) atoms. The molecule has 1 heterocycles. The van der Waals surface area contributed by atoms with Crippen molar-refractivity contribution in [2.45, 2.75) is 37.8 Å². The third-order valence-electron chi connectivity index (χ3n) is 4.69. The molecule has 1 aromatic carbocycles. The van der Waals surface area contributed by atoms with Crippen molar-refractivity contribution in [2.75, 3.05) is 13.1 Å². The Bertz CT molecular complexity index is 546. The molecule has 5 heteroatoms. The van der Waals surface area contributed by atoms with Gasteiger partial charge >= 0.3 is 0 Å². The normalized spacial score (nSPS) is 29.0. The minimum Gasteiger partial charge on any atom is -0.392 e. The Hall–Kier alpha value is -1.88. The first-order valence-corrected chi connectivity index (χ1v) is 7.97. The number of carbonyl (C=O) groups excluding carboxylic acids is 2. The molecule has 0 radical (unpaired) electrons. The monoisotopic (exact) mass is 302 g/mol. The summed E-state index contributed by atoms with van der Waals surface area (Å²) in [4.78, 5) is 26.6. The lowest BCUT2D eigenvalue weighted by Crippen LogP contribution is -2.42. The Morgan fingerprint density at radius 2 is 2.00 bits per heavy atom. The highest BCUT2D eigenvalue weighted by molar-refractivity contribution is 5.83. The van der Waals surface area contributed by atoms with Crippen LogP contribution >= 0.6 is 0 Å². The summed E-state index contributed by atoms with van der Waals surface area (Å²) in [5.74, 6) is -0.370. The van der Waals surface area contributed by atoms with Crippen molar-refractivity contribution in [3.63, 3.8) is 0 Å². The summed E-state index contributed by atoms with van der Waals surface area (Å²) >= 11 is 0. The lowest BCUT2D eigenvalue weighted by molar-refractivity contribution is -0.140. The van der Waals surface area contributed by atoms with Crippen molar-refractivity contribution in [3.05, 3.63) is 35.9 Å². The van der Waals surface area contributed by atoms with Crippen LogP contribution in [0.15, 0.2) is 30.3 Å². The molecule has 1 saturated carbocycles. The third kappa shape index (κ3) is 2.99. The van der Waals surface area contributed by atoms with Crippen molar-refractivity contribution in [2.24, 2.45) is 5.92 Å². The van der Waals surface area contributed by atoms with Crippen molar-refractivity contribution in [3.8, 4) is 0 Å². The van der Waals surface area contributed by atoms with Gasteiger partial charge in [0, 0.05) is 13.1 Å². The van der Waals surface area contributed by atoms with E-state index in [2.05, 4.69) is 5.32 Å². The average molecular weight is 302 g/mol. The Labute approximate surface area is 130 Å². The summed E-state index contributed by atoms with van der Waals surface area (Å²) in [6, 6.07) is 9.43. The molecule has 3 atom stereocenters. The summed E-state index contributed by atoms with van der Waals surface area (Å²) < 4.78 is 0. The summed E-state index contributed by atoms with van der Waals surface area (Å²) in [6.45, 7) is 0.962. The maximum absolute atomic E-state index is 12.9. The highest BCUT2D eigenvalue weighted by Crippen LogP contribution is 2.32. The summed E-state index contributed by atoms with van der Waals surface area (Å²) in [5, 5.41) is 12.9. The summed E-state index contributed by atoms with van der Waals surface area (Å²) in [6.07, 6.45) is 2.05. The number of amides is 2. The first kappa shape index (κ1) is 15.0. The summed E-state index contributed by atoms with van der Waals surface area (Å²) in [7, 11) is 0. The van der Waals surface area contributed by atoms with Crippen LogP contribution in [0.2, 0.25) is 0 Å². The fourth-order valence-electron chi connectivity index (χ4n) is 3.51. The minimum atomic E-state index is -0.546. The van der Waals surface area contributed by atoms with Gasteiger partial charge in [0.15, 0.2) is 0 Å². The van der Waals surface area contributed by atoms with Crippen LogP contribution in [0.5, 0.6) is 0 Å². The summed E-state index contributed by atoms with van der Waals surface area (Å²) in [5.41, 5.74) is 0.973. The van der Waals surface area contributed by atoms with E-state index in [0.29, 0.717) is 19.5 Å². The molecule has 5 nitrogen and oxygen atoms in total. The maximum atomic E-state index is 12.9. The van der Waals surface area contributed by atoms with E-state index in [-0.39, 0.29) is 30.2 Å². The standard InChI is InChI=1S/C17H22N2O3/c20-15-8-4-7-13(15)17(22)19-10-9-18-16(21)11-14(19)12-5-2-1-3-6-12/h1-3,5-6,13-15,20H,4,7-11H2,(H,18,21). The van der Waals surface area contributed by atoms with E-state index in [0.717, 1.165) is 18.4 Å². The van der Waals surface area contributed by atoms with E-state index in [1.807, 2.05) is 30.3 Å². The topological polar surface area (TPSA) is 69.6 Å². The molecule has 1 saturated heterocycles. The molecular formula is C17H22N2O3. The van der Waals surface area contributed by atoms with Crippen LogP contribution in [0.1, 0.15) is 37.3 Å². The molecule has 2 N–H and O–H groups in total. The van der Waals surface area contributed by atoms with E-state index < -0.39 is 6.10 Å². The van der Waals surface area contributed by atoms with Crippen LogP contribution < -0.4 is 5.32 Å². The van der Waals surface area contributed by atoms with Gasteiger partial charge < -0.3 is 15.3 Å². The third-order valence-corrected chi connectivity index (χ3v) is 4.69. The van der Waals surface area contributed by atoms with Gasteiger partial charge in [-0.05, 0) is 24.8 Å². The van der Waals surface area contributed by atoms with E-state index in [1.54, 1.807) is 4.90 Å². The molecular weight excluding hydrogens is 280 g/mol. The number of nitrogens with one attached hydrogen (secondary N) is 1. The van der Waals surface area contributed by atoms with Gasteiger partial charge in [-0.1, -0.05) is 30.3 Å². The number of benzene rings is 1. The molecule has 2 fully saturated rings. The predicted molar refractivity (Wildman–Crippen MR) is 81.9 cm³/mol. The lowest BCUT2D eigenvalue weighted by Gasteiger charge is -2.32. The van der Waals surface area contributed by atoms with Gasteiger partial charge in [-0.3, -0.25) is 9.59 Å². The second kappa shape index (κ2) is 6.48. The fraction of sp³-hybridized carbons (Fsp3) is 0.529. The van der Waals surface area contributed by atoms with E-state index >= 15 is 0 Å². The Morgan fingerprint density at radius 3 is 2.68 bits per heavy atom. The van der Waals surface area contributed by atoms with E-state index in [4.69, 9.17) is 0 Å². The first-order chi connectivity index (χ1) is 10.7.